The van der Waals surface area contributed by atoms with Crippen molar-refractivity contribution in [3.63, 3.8) is 0 Å². The van der Waals surface area contributed by atoms with Gasteiger partial charge in [0.05, 0.1) is 23.7 Å². The summed E-state index contributed by atoms with van der Waals surface area (Å²) in [7, 11) is 0.271. The van der Waals surface area contributed by atoms with Crippen molar-refractivity contribution >= 4 is 16.8 Å². The average Bonchev–Trinajstić information content (AvgIpc) is 2.87. The monoisotopic (exact) mass is 280 g/mol. The lowest BCUT2D eigenvalue weighted by Gasteiger charge is -2.02. The van der Waals surface area contributed by atoms with Crippen molar-refractivity contribution in [2.45, 2.75) is 10.6 Å². The summed E-state index contributed by atoms with van der Waals surface area (Å²) in [5.74, 6) is -0.0822. The largest absolute Gasteiger partial charge is 0.497 e. The highest BCUT2D eigenvalue weighted by molar-refractivity contribution is 7.84. The fourth-order valence-electron chi connectivity index (χ4n) is 1.51. The highest BCUT2D eigenvalue weighted by Crippen LogP contribution is 2.18. The lowest BCUT2D eigenvalue weighted by Crippen LogP contribution is -1.96. The van der Waals surface area contributed by atoms with Gasteiger partial charge in [0.1, 0.15) is 11.5 Å². The Hall–Kier alpha value is -2.08. The van der Waals surface area contributed by atoms with E-state index in [-0.39, 0.29) is 11.5 Å². The van der Waals surface area contributed by atoms with Gasteiger partial charge in [-0.05, 0) is 36.4 Å². The van der Waals surface area contributed by atoms with Crippen LogP contribution in [0.15, 0.2) is 45.7 Å². The Morgan fingerprint density at radius 3 is 2.47 bits per heavy atom. The Bertz CT molecular complexity index is 600. The van der Waals surface area contributed by atoms with Gasteiger partial charge < -0.3 is 14.3 Å². The second-order valence-corrected chi connectivity index (χ2v) is 5.19. The third-order valence-electron chi connectivity index (χ3n) is 2.47. The standard InChI is InChI=1S/C13H12O5S/c1-17-9-2-5-11(6-3-9)19(16)8-10-4-7-12(18-10)13(14)15/h2-7H,8H2,1H3,(H,14,15). The van der Waals surface area contributed by atoms with Gasteiger partial charge in [-0.1, -0.05) is 0 Å². The number of benzene rings is 1. The Kier molecular flexibility index (Phi) is 4.01. The minimum Gasteiger partial charge on any atom is -0.497 e. The molecule has 19 heavy (non-hydrogen) atoms. The maximum Gasteiger partial charge on any atom is 0.371 e. The molecule has 0 aliphatic heterocycles. The van der Waals surface area contributed by atoms with Crippen LogP contribution in [0.5, 0.6) is 5.75 Å². The van der Waals surface area contributed by atoms with Crippen LogP contribution in [0.25, 0.3) is 0 Å². The third-order valence-corrected chi connectivity index (χ3v) is 3.81. The van der Waals surface area contributed by atoms with E-state index in [1.54, 1.807) is 31.4 Å². The highest BCUT2D eigenvalue weighted by Gasteiger charge is 2.12. The van der Waals surface area contributed by atoms with E-state index in [1.165, 1.54) is 12.1 Å². The molecule has 2 aromatic rings. The first-order chi connectivity index (χ1) is 9.10. The lowest BCUT2D eigenvalue weighted by atomic mass is 10.3. The van der Waals surface area contributed by atoms with Crippen molar-refractivity contribution in [3.05, 3.63) is 47.9 Å². The van der Waals surface area contributed by atoms with Gasteiger partial charge in [-0.2, -0.15) is 0 Å². The summed E-state index contributed by atoms with van der Waals surface area (Å²) in [4.78, 5) is 11.3. The molecular weight excluding hydrogens is 268 g/mol. The predicted molar refractivity (Wildman–Crippen MR) is 68.8 cm³/mol. The first-order valence-corrected chi connectivity index (χ1v) is 6.76. The molecule has 0 saturated heterocycles. The van der Waals surface area contributed by atoms with E-state index < -0.39 is 16.8 Å². The lowest BCUT2D eigenvalue weighted by molar-refractivity contribution is 0.0661. The molecule has 1 unspecified atom stereocenters. The summed E-state index contributed by atoms with van der Waals surface area (Å²) in [6.45, 7) is 0. The Labute approximate surface area is 112 Å². The molecule has 0 amide bonds. The molecule has 0 fully saturated rings. The molecule has 0 bridgehead atoms. The predicted octanol–water partition coefficient (Wildman–Crippen LogP) is 2.29. The maximum absolute atomic E-state index is 12.1. The van der Waals surface area contributed by atoms with Gasteiger partial charge in [-0.25, -0.2) is 4.79 Å². The number of carboxylic acid groups (broad SMARTS) is 1. The molecule has 5 nitrogen and oxygen atoms in total. The number of carboxylic acids is 1. The number of methoxy groups -OCH3 is 1. The van der Waals surface area contributed by atoms with Gasteiger partial charge in [0.2, 0.25) is 5.76 Å². The maximum atomic E-state index is 12.1. The molecule has 0 aliphatic carbocycles. The number of aromatic carboxylic acids is 1. The van der Waals surface area contributed by atoms with E-state index in [9.17, 15) is 9.00 Å². The van der Waals surface area contributed by atoms with Gasteiger partial charge in [0.25, 0.3) is 0 Å². The van der Waals surface area contributed by atoms with Crippen LogP contribution in [0, 0.1) is 0 Å². The number of furan rings is 1. The van der Waals surface area contributed by atoms with Crippen LogP contribution in [-0.4, -0.2) is 22.4 Å². The van der Waals surface area contributed by atoms with E-state index in [4.69, 9.17) is 14.3 Å². The van der Waals surface area contributed by atoms with Crippen molar-refractivity contribution in [3.8, 4) is 5.75 Å². The molecule has 0 spiro atoms. The molecular formula is C13H12O5S. The molecule has 1 aromatic heterocycles. The van der Waals surface area contributed by atoms with Crippen LogP contribution < -0.4 is 4.74 Å². The summed E-state index contributed by atoms with van der Waals surface area (Å²) >= 11 is 0. The van der Waals surface area contributed by atoms with Gasteiger partial charge in [-0.15, -0.1) is 0 Å². The zero-order valence-electron chi connectivity index (χ0n) is 10.2. The van der Waals surface area contributed by atoms with Gasteiger partial charge >= 0.3 is 5.97 Å². The van der Waals surface area contributed by atoms with Crippen molar-refractivity contribution in [1.29, 1.82) is 0 Å². The number of hydrogen-bond acceptors (Lipinski definition) is 4. The zero-order valence-corrected chi connectivity index (χ0v) is 11.0. The summed E-state index contributed by atoms with van der Waals surface area (Å²) in [6, 6.07) is 9.72. The average molecular weight is 280 g/mol. The summed E-state index contributed by atoms with van der Waals surface area (Å²) in [5.41, 5.74) is 0. The summed E-state index contributed by atoms with van der Waals surface area (Å²) in [5, 5.41) is 8.72. The number of ether oxygens (including phenoxy) is 1. The quantitative estimate of drug-likeness (QED) is 0.909. The molecule has 0 radical (unpaired) electrons. The number of hydrogen-bond donors (Lipinski definition) is 1. The molecule has 1 heterocycles. The molecule has 100 valence electrons. The highest BCUT2D eigenvalue weighted by atomic mass is 32.2. The van der Waals surface area contributed by atoms with E-state index in [2.05, 4.69) is 0 Å². The van der Waals surface area contributed by atoms with E-state index in [1.807, 2.05) is 0 Å². The Morgan fingerprint density at radius 1 is 1.26 bits per heavy atom. The minimum atomic E-state index is -1.29. The second-order valence-electron chi connectivity index (χ2n) is 3.74. The molecule has 0 aliphatic rings. The van der Waals surface area contributed by atoms with Gasteiger partial charge in [0, 0.05) is 4.90 Å². The molecule has 1 atom stereocenters. The first kappa shape index (κ1) is 13.4. The van der Waals surface area contributed by atoms with Crippen LogP contribution in [0.3, 0.4) is 0 Å². The molecule has 6 heteroatoms. The van der Waals surface area contributed by atoms with Gasteiger partial charge in [0.15, 0.2) is 0 Å². The number of carbonyl (C=O) groups is 1. The van der Waals surface area contributed by atoms with Crippen molar-refractivity contribution in [2.75, 3.05) is 7.11 Å². The van der Waals surface area contributed by atoms with Crippen LogP contribution >= 0.6 is 0 Å². The fourth-order valence-corrected chi connectivity index (χ4v) is 2.53. The smallest absolute Gasteiger partial charge is 0.371 e. The van der Waals surface area contributed by atoms with E-state index >= 15 is 0 Å². The molecule has 2 rings (SSSR count). The third kappa shape index (κ3) is 3.23. The van der Waals surface area contributed by atoms with Crippen molar-refractivity contribution in [2.24, 2.45) is 0 Å². The Balaban J connectivity index is 2.08. The van der Waals surface area contributed by atoms with Crippen molar-refractivity contribution in [1.82, 2.24) is 0 Å². The van der Waals surface area contributed by atoms with Crippen molar-refractivity contribution < 1.29 is 23.3 Å². The second kappa shape index (κ2) is 5.71. The van der Waals surface area contributed by atoms with E-state index in [0.29, 0.717) is 16.4 Å². The van der Waals surface area contributed by atoms with Crippen LogP contribution in [0.2, 0.25) is 0 Å². The van der Waals surface area contributed by atoms with E-state index in [0.717, 1.165) is 0 Å². The first-order valence-electron chi connectivity index (χ1n) is 5.44. The molecule has 1 N–H and O–H groups in total. The number of rotatable bonds is 5. The SMILES string of the molecule is COc1ccc(S(=O)Cc2ccc(C(=O)O)o2)cc1. The molecule has 0 saturated carbocycles. The minimum absolute atomic E-state index is 0.139. The van der Waals surface area contributed by atoms with Gasteiger partial charge in [-0.3, -0.25) is 4.21 Å². The summed E-state index contributed by atoms with van der Waals surface area (Å²) in [6.07, 6.45) is 0. The zero-order chi connectivity index (χ0) is 13.8. The topological polar surface area (TPSA) is 76.7 Å². The molecule has 1 aromatic carbocycles. The normalized spacial score (nSPS) is 12.1. The van der Waals surface area contributed by atoms with Crippen LogP contribution in [-0.2, 0) is 16.6 Å². The summed E-state index contributed by atoms with van der Waals surface area (Å²) < 4.78 is 22.1. The van der Waals surface area contributed by atoms with Crippen LogP contribution in [0.1, 0.15) is 16.3 Å². The van der Waals surface area contributed by atoms with Crippen LogP contribution in [0.4, 0.5) is 0 Å². The fraction of sp³-hybridized carbons (Fsp3) is 0.154. The Morgan fingerprint density at radius 2 is 1.95 bits per heavy atom.